The number of carbonyl (C=O) groups excluding carboxylic acids is 1. The van der Waals surface area contributed by atoms with Crippen LogP contribution in [0.5, 0.6) is 0 Å². The van der Waals surface area contributed by atoms with Gasteiger partial charge in [-0.1, -0.05) is 36.7 Å². The highest BCUT2D eigenvalue weighted by molar-refractivity contribution is 9.10. The molecule has 2 N–H and O–H groups in total. The predicted molar refractivity (Wildman–Crippen MR) is 82.2 cm³/mol. The molecular weight excluding hydrogens is 341 g/mol. The number of hydrogen-bond donors (Lipinski definition) is 2. The van der Waals surface area contributed by atoms with E-state index >= 15 is 0 Å². The standard InChI is InChI=1S/C15H17BrFNO3/c1-15(2,3)13(14(20)21)18-12(19)7-4-9-8-10(16)5-6-11(9)17/h4-8,13H,1-3H3,(H,18,19)(H,20,21)/b7-4+. The molecule has 0 saturated carbocycles. The van der Waals surface area contributed by atoms with E-state index in [9.17, 15) is 14.0 Å². The molecule has 1 amide bonds. The van der Waals surface area contributed by atoms with E-state index in [-0.39, 0.29) is 5.56 Å². The van der Waals surface area contributed by atoms with Crippen LogP contribution in [0.15, 0.2) is 28.7 Å². The maximum atomic E-state index is 13.5. The second-order valence-electron chi connectivity index (χ2n) is 5.65. The molecule has 1 aromatic rings. The van der Waals surface area contributed by atoms with Crippen LogP contribution in [0, 0.1) is 11.2 Å². The first-order chi connectivity index (χ1) is 9.61. The summed E-state index contributed by atoms with van der Waals surface area (Å²) in [4.78, 5) is 22.9. The molecule has 0 spiro atoms. The lowest BCUT2D eigenvalue weighted by molar-refractivity contribution is -0.144. The Morgan fingerprint density at radius 1 is 1.38 bits per heavy atom. The van der Waals surface area contributed by atoms with E-state index < -0.39 is 29.2 Å². The Morgan fingerprint density at radius 2 is 2.00 bits per heavy atom. The van der Waals surface area contributed by atoms with Crippen molar-refractivity contribution in [2.75, 3.05) is 0 Å². The van der Waals surface area contributed by atoms with Gasteiger partial charge in [0.05, 0.1) is 0 Å². The minimum atomic E-state index is -1.11. The highest BCUT2D eigenvalue weighted by atomic mass is 79.9. The van der Waals surface area contributed by atoms with Crippen LogP contribution in [-0.4, -0.2) is 23.0 Å². The van der Waals surface area contributed by atoms with Gasteiger partial charge in [-0.2, -0.15) is 0 Å². The summed E-state index contributed by atoms with van der Waals surface area (Å²) >= 11 is 3.21. The van der Waals surface area contributed by atoms with Crippen molar-refractivity contribution < 1.29 is 19.1 Å². The molecule has 0 bridgehead atoms. The van der Waals surface area contributed by atoms with Gasteiger partial charge in [-0.25, -0.2) is 9.18 Å². The maximum absolute atomic E-state index is 13.5. The van der Waals surface area contributed by atoms with E-state index in [1.165, 1.54) is 18.2 Å². The Hall–Kier alpha value is -1.69. The number of nitrogens with one attached hydrogen (secondary N) is 1. The molecule has 0 radical (unpaired) electrons. The quantitative estimate of drug-likeness (QED) is 0.813. The molecule has 0 aliphatic carbocycles. The summed E-state index contributed by atoms with van der Waals surface area (Å²) in [5.74, 6) is -2.16. The second-order valence-corrected chi connectivity index (χ2v) is 6.56. The summed E-state index contributed by atoms with van der Waals surface area (Å²) in [5.41, 5.74) is -0.391. The molecule has 4 nitrogen and oxygen atoms in total. The van der Waals surface area contributed by atoms with Crippen molar-refractivity contribution in [1.29, 1.82) is 0 Å². The average molecular weight is 358 g/mol. The number of halogens is 2. The van der Waals surface area contributed by atoms with Crippen molar-refractivity contribution in [3.05, 3.63) is 40.1 Å². The lowest BCUT2D eigenvalue weighted by Gasteiger charge is -2.27. The summed E-state index contributed by atoms with van der Waals surface area (Å²) in [7, 11) is 0. The zero-order valence-electron chi connectivity index (χ0n) is 12.0. The summed E-state index contributed by atoms with van der Waals surface area (Å²) in [6.07, 6.45) is 2.42. The largest absolute Gasteiger partial charge is 0.480 e. The van der Waals surface area contributed by atoms with Crippen LogP contribution in [-0.2, 0) is 9.59 Å². The highest BCUT2D eigenvalue weighted by Gasteiger charge is 2.31. The van der Waals surface area contributed by atoms with Crippen molar-refractivity contribution in [2.45, 2.75) is 26.8 Å². The summed E-state index contributed by atoms with van der Waals surface area (Å²) in [5, 5.41) is 11.5. The van der Waals surface area contributed by atoms with Crippen molar-refractivity contribution in [1.82, 2.24) is 5.32 Å². The van der Waals surface area contributed by atoms with Gasteiger partial charge in [0.15, 0.2) is 0 Å². The zero-order valence-corrected chi connectivity index (χ0v) is 13.6. The van der Waals surface area contributed by atoms with Gasteiger partial charge in [-0.15, -0.1) is 0 Å². The van der Waals surface area contributed by atoms with Gasteiger partial charge in [0.2, 0.25) is 5.91 Å². The molecule has 0 heterocycles. The Labute approximate surface area is 131 Å². The number of carboxylic acid groups (broad SMARTS) is 1. The molecule has 0 aliphatic rings. The zero-order chi connectivity index (χ0) is 16.2. The third-order valence-corrected chi connectivity index (χ3v) is 3.27. The smallest absolute Gasteiger partial charge is 0.326 e. The SMILES string of the molecule is CC(C)(C)C(NC(=O)/C=C/c1cc(Br)ccc1F)C(=O)O. The van der Waals surface area contributed by atoms with Crippen LogP contribution in [0.1, 0.15) is 26.3 Å². The first kappa shape index (κ1) is 17.4. The van der Waals surface area contributed by atoms with Gasteiger partial charge in [0.1, 0.15) is 11.9 Å². The van der Waals surface area contributed by atoms with Crippen molar-refractivity contribution in [3.8, 4) is 0 Å². The highest BCUT2D eigenvalue weighted by Crippen LogP contribution is 2.20. The Kier molecular flexibility index (Phi) is 5.66. The first-order valence-electron chi connectivity index (χ1n) is 6.27. The number of hydrogen-bond acceptors (Lipinski definition) is 2. The molecule has 0 aromatic heterocycles. The molecule has 0 saturated heterocycles. The number of amides is 1. The van der Waals surface area contributed by atoms with Gasteiger partial charge in [-0.05, 0) is 29.7 Å². The fourth-order valence-corrected chi connectivity index (χ4v) is 2.03. The number of carboxylic acids is 1. The second kappa shape index (κ2) is 6.85. The maximum Gasteiger partial charge on any atom is 0.326 e. The van der Waals surface area contributed by atoms with E-state index in [0.29, 0.717) is 4.47 Å². The van der Waals surface area contributed by atoms with Crippen molar-refractivity contribution >= 4 is 33.9 Å². The minimum absolute atomic E-state index is 0.238. The first-order valence-corrected chi connectivity index (χ1v) is 7.07. The monoisotopic (exact) mass is 357 g/mol. The molecule has 1 unspecified atom stereocenters. The van der Waals surface area contributed by atoms with Crippen LogP contribution in [0.3, 0.4) is 0 Å². The number of rotatable bonds is 4. The fraction of sp³-hybridized carbons (Fsp3) is 0.333. The van der Waals surface area contributed by atoms with Crippen LogP contribution < -0.4 is 5.32 Å². The summed E-state index contributed by atoms with van der Waals surface area (Å²) in [6, 6.07) is 3.32. The molecule has 0 fully saturated rings. The average Bonchev–Trinajstić information content (AvgIpc) is 2.35. The Morgan fingerprint density at radius 3 is 2.52 bits per heavy atom. The van der Waals surface area contributed by atoms with Crippen molar-refractivity contribution in [3.63, 3.8) is 0 Å². The molecule has 0 aliphatic heterocycles. The molecular formula is C15H17BrFNO3. The van der Waals surface area contributed by atoms with E-state index in [1.807, 2.05) is 0 Å². The third-order valence-electron chi connectivity index (χ3n) is 2.77. The van der Waals surface area contributed by atoms with Gasteiger partial charge >= 0.3 is 5.97 Å². The third kappa shape index (κ3) is 5.30. The molecule has 1 atom stereocenters. The van der Waals surface area contributed by atoms with Crippen LogP contribution in [0.4, 0.5) is 4.39 Å². The van der Waals surface area contributed by atoms with E-state index in [0.717, 1.165) is 6.08 Å². The molecule has 21 heavy (non-hydrogen) atoms. The predicted octanol–water partition coefficient (Wildman–Crippen LogP) is 3.22. The van der Waals surface area contributed by atoms with Gasteiger partial charge in [-0.3, -0.25) is 4.79 Å². The minimum Gasteiger partial charge on any atom is -0.480 e. The fourth-order valence-electron chi connectivity index (χ4n) is 1.65. The number of aliphatic carboxylic acids is 1. The van der Waals surface area contributed by atoms with Crippen LogP contribution in [0.25, 0.3) is 6.08 Å². The van der Waals surface area contributed by atoms with Gasteiger partial charge < -0.3 is 10.4 Å². The molecule has 114 valence electrons. The Bertz CT molecular complexity index is 579. The van der Waals surface area contributed by atoms with Crippen LogP contribution in [0.2, 0.25) is 0 Å². The lowest BCUT2D eigenvalue weighted by atomic mass is 9.87. The lowest BCUT2D eigenvalue weighted by Crippen LogP contribution is -2.48. The topological polar surface area (TPSA) is 66.4 Å². The molecule has 1 aromatic carbocycles. The summed E-state index contributed by atoms with van der Waals surface area (Å²) < 4.78 is 14.2. The van der Waals surface area contributed by atoms with E-state index in [4.69, 9.17) is 5.11 Å². The van der Waals surface area contributed by atoms with Gasteiger partial charge in [0.25, 0.3) is 0 Å². The van der Waals surface area contributed by atoms with E-state index in [2.05, 4.69) is 21.2 Å². The number of benzene rings is 1. The van der Waals surface area contributed by atoms with Gasteiger partial charge in [0, 0.05) is 16.1 Å². The van der Waals surface area contributed by atoms with E-state index in [1.54, 1.807) is 26.8 Å². The Balaban J connectivity index is 2.83. The summed E-state index contributed by atoms with van der Waals surface area (Å²) in [6.45, 7) is 5.14. The normalized spacial score (nSPS) is 13.2. The molecule has 1 rings (SSSR count). The molecule has 6 heteroatoms. The van der Waals surface area contributed by atoms with Crippen molar-refractivity contribution in [2.24, 2.45) is 5.41 Å². The van der Waals surface area contributed by atoms with Crippen LogP contribution >= 0.6 is 15.9 Å². The number of carbonyl (C=O) groups is 2.